The zero-order chi connectivity index (χ0) is 24.8. The molecule has 0 fully saturated rings. The van der Waals surface area contributed by atoms with Crippen LogP contribution in [0, 0.1) is 0 Å². The summed E-state index contributed by atoms with van der Waals surface area (Å²) in [6.45, 7) is 0.832. The SMILES string of the molecule is Clc1cccc(Cn2c(-c3nc4c(Cl)ncnc4n3Cc3cccc(Cl)c3)nc3c(Cl)ncnc32)c1. The summed E-state index contributed by atoms with van der Waals surface area (Å²) in [7, 11) is 0. The Kier molecular flexibility index (Phi) is 5.97. The zero-order valence-electron chi connectivity index (χ0n) is 18.3. The molecule has 0 aliphatic heterocycles. The largest absolute Gasteiger partial charge is 0.301 e. The normalized spacial score (nSPS) is 11.6. The van der Waals surface area contributed by atoms with Crippen molar-refractivity contribution in [1.82, 2.24) is 39.0 Å². The van der Waals surface area contributed by atoms with Crippen LogP contribution in [0.4, 0.5) is 0 Å². The van der Waals surface area contributed by atoms with Gasteiger partial charge in [0.25, 0.3) is 0 Å². The van der Waals surface area contributed by atoms with Gasteiger partial charge >= 0.3 is 0 Å². The Labute approximate surface area is 224 Å². The van der Waals surface area contributed by atoms with Crippen molar-refractivity contribution in [2.45, 2.75) is 13.1 Å². The first kappa shape index (κ1) is 23.1. The number of fused-ring (bicyclic) bond motifs is 2. The van der Waals surface area contributed by atoms with E-state index in [-0.39, 0.29) is 10.3 Å². The second-order valence-corrected chi connectivity index (χ2v) is 9.57. The van der Waals surface area contributed by atoms with Gasteiger partial charge in [-0.25, -0.2) is 29.9 Å². The third-order valence-electron chi connectivity index (χ3n) is 5.63. The van der Waals surface area contributed by atoms with Gasteiger partial charge in [0.15, 0.2) is 33.2 Å². The van der Waals surface area contributed by atoms with Gasteiger partial charge in [0.1, 0.15) is 23.7 Å². The first-order valence-electron chi connectivity index (χ1n) is 10.7. The molecule has 0 saturated carbocycles. The Morgan fingerprint density at radius 1 is 0.583 bits per heavy atom. The number of hydrogen-bond donors (Lipinski definition) is 0. The second kappa shape index (κ2) is 9.29. The fraction of sp³-hybridized carbons (Fsp3) is 0.0833. The van der Waals surface area contributed by atoms with E-state index >= 15 is 0 Å². The lowest BCUT2D eigenvalue weighted by atomic mass is 10.2. The van der Waals surface area contributed by atoms with Crippen molar-refractivity contribution in [2.75, 3.05) is 0 Å². The molecule has 0 bridgehead atoms. The molecule has 12 heteroatoms. The Morgan fingerprint density at radius 3 is 1.44 bits per heavy atom. The minimum atomic E-state index is 0.237. The molecule has 0 spiro atoms. The average molecular weight is 556 g/mol. The summed E-state index contributed by atoms with van der Waals surface area (Å²) in [5.74, 6) is 1.03. The van der Waals surface area contributed by atoms with Gasteiger partial charge in [-0.05, 0) is 35.4 Å². The Hall–Kier alpha value is -3.30. The number of nitrogens with zero attached hydrogens (tertiary/aromatic N) is 8. The quantitative estimate of drug-likeness (QED) is 0.230. The molecular weight excluding hydrogens is 542 g/mol. The highest BCUT2D eigenvalue weighted by molar-refractivity contribution is 6.34. The number of imidazole rings is 2. The predicted molar refractivity (Wildman–Crippen MR) is 141 cm³/mol. The lowest BCUT2D eigenvalue weighted by Crippen LogP contribution is -2.09. The molecule has 8 nitrogen and oxygen atoms in total. The molecule has 6 rings (SSSR count). The highest BCUT2D eigenvalue weighted by atomic mass is 35.5. The van der Waals surface area contributed by atoms with E-state index in [1.165, 1.54) is 12.7 Å². The maximum Gasteiger partial charge on any atom is 0.179 e. The van der Waals surface area contributed by atoms with Crippen LogP contribution in [0.3, 0.4) is 0 Å². The fourth-order valence-corrected chi connectivity index (χ4v) is 4.86. The van der Waals surface area contributed by atoms with Crippen molar-refractivity contribution < 1.29 is 0 Å². The molecule has 0 unspecified atom stereocenters. The fourth-order valence-electron chi connectivity index (χ4n) is 4.09. The van der Waals surface area contributed by atoms with Crippen LogP contribution in [0.5, 0.6) is 0 Å². The molecule has 0 radical (unpaired) electrons. The smallest absolute Gasteiger partial charge is 0.179 e. The zero-order valence-corrected chi connectivity index (χ0v) is 21.3. The summed E-state index contributed by atoms with van der Waals surface area (Å²) >= 11 is 25.3. The Morgan fingerprint density at radius 2 is 1.03 bits per heavy atom. The molecule has 0 aliphatic carbocycles. The predicted octanol–water partition coefficient (Wildman–Crippen LogP) is 6.34. The van der Waals surface area contributed by atoms with Crippen molar-refractivity contribution in [1.29, 1.82) is 0 Å². The maximum absolute atomic E-state index is 6.42. The summed E-state index contributed by atoms with van der Waals surface area (Å²) in [6.07, 6.45) is 2.81. The Balaban J connectivity index is 1.62. The highest BCUT2D eigenvalue weighted by Gasteiger charge is 2.24. The molecular formula is C24H14Cl4N8. The van der Waals surface area contributed by atoms with Gasteiger partial charge in [-0.2, -0.15) is 0 Å². The van der Waals surface area contributed by atoms with Crippen molar-refractivity contribution in [3.63, 3.8) is 0 Å². The van der Waals surface area contributed by atoms with Gasteiger partial charge in [-0.3, -0.25) is 0 Å². The average Bonchev–Trinajstić information content (AvgIpc) is 3.40. The van der Waals surface area contributed by atoms with E-state index in [1.54, 1.807) is 0 Å². The van der Waals surface area contributed by atoms with E-state index in [4.69, 9.17) is 56.4 Å². The van der Waals surface area contributed by atoms with E-state index in [9.17, 15) is 0 Å². The highest BCUT2D eigenvalue weighted by Crippen LogP contribution is 2.31. The summed E-state index contributed by atoms with van der Waals surface area (Å²) in [5.41, 5.74) is 3.93. The molecule has 0 amide bonds. The van der Waals surface area contributed by atoms with Crippen molar-refractivity contribution in [2.24, 2.45) is 0 Å². The van der Waals surface area contributed by atoms with Crippen LogP contribution in [0.15, 0.2) is 61.2 Å². The van der Waals surface area contributed by atoms with Crippen molar-refractivity contribution >= 4 is 68.7 Å². The summed E-state index contributed by atoms with van der Waals surface area (Å²) in [5, 5.41) is 1.73. The lowest BCUT2D eigenvalue weighted by Gasteiger charge is -2.12. The van der Waals surface area contributed by atoms with Crippen LogP contribution in [0.2, 0.25) is 20.4 Å². The van der Waals surface area contributed by atoms with Crippen LogP contribution in [-0.4, -0.2) is 39.0 Å². The molecule has 0 saturated heterocycles. The number of aromatic nitrogens is 8. The molecule has 36 heavy (non-hydrogen) atoms. The molecule has 6 aromatic rings. The topological polar surface area (TPSA) is 87.2 Å². The van der Waals surface area contributed by atoms with Crippen LogP contribution in [0.1, 0.15) is 11.1 Å². The molecule has 2 aromatic carbocycles. The molecule has 0 aliphatic rings. The number of rotatable bonds is 5. The number of hydrogen-bond acceptors (Lipinski definition) is 6. The lowest BCUT2D eigenvalue weighted by molar-refractivity contribution is 0.775. The van der Waals surface area contributed by atoms with E-state index < -0.39 is 0 Å². The van der Waals surface area contributed by atoms with Crippen LogP contribution >= 0.6 is 46.4 Å². The summed E-state index contributed by atoms with van der Waals surface area (Å²) < 4.78 is 3.84. The second-order valence-electron chi connectivity index (χ2n) is 7.98. The maximum atomic E-state index is 6.42. The molecule has 0 N–H and O–H groups in total. The van der Waals surface area contributed by atoms with Crippen molar-refractivity contribution in [3.8, 4) is 11.6 Å². The van der Waals surface area contributed by atoms with Crippen LogP contribution < -0.4 is 0 Å². The minimum absolute atomic E-state index is 0.237. The first-order chi connectivity index (χ1) is 17.5. The van der Waals surface area contributed by atoms with Crippen molar-refractivity contribution in [3.05, 3.63) is 92.7 Å². The summed E-state index contributed by atoms with van der Waals surface area (Å²) in [4.78, 5) is 26.8. The van der Waals surface area contributed by atoms with Gasteiger partial charge in [-0.15, -0.1) is 0 Å². The van der Waals surface area contributed by atoms with Gasteiger partial charge < -0.3 is 9.13 Å². The Bertz CT molecular complexity index is 1630. The van der Waals surface area contributed by atoms with Crippen LogP contribution in [-0.2, 0) is 13.1 Å². The molecule has 0 atom stereocenters. The van der Waals surface area contributed by atoms with E-state index in [1.807, 2.05) is 57.7 Å². The van der Waals surface area contributed by atoms with Gasteiger partial charge in [0.2, 0.25) is 0 Å². The van der Waals surface area contributed by atoms with Gasteiger partial charge in [0, 0.05) is 10.0 Å². The standard InChI is InChI=1S/C24H14Cl4N8/c25-15-5-1-3-13(7-15)9-35-21-17(19(27)29-11-31-21)33-23(35)24-34-18-20(28)30-12-32-22(18)36(24)10-14-4-2-6-16(26)8-14/h1-8,11-12H,9-10H2. The van der Waals surface area contributed by atoms with Gasteiger partial charge in [-0.1, -0.05) is 70.7 Å². The molecule has 4 aromatic heterocycles. The first-order valence-corrected chi connectivity index (χ1v) is 12.2. The molecule has 4 heterocycles. The van der Waals surface area contributed by atoms with Crippen LogP contribution in [0.25, 0.3) is 34.0 Å². The third-order valence-corrected chi connectivity index (χ3v) is 6.66. The third kappa shape index (κ3) is 4.16. The van der Waals surface area contributed by atoms with E-state index in [2.05, 4.69) is 19.9 Å². The van der Waals surface area contributed by atoms with E-state index in [0.717, 1.165) is 11.1 Å². The number of halogens is 4. The van der Waals surface area contributed by atoms with E-state index in [0.29, 0.717) is 57.1 Å². The summed E-state index contributed by atoms with van der Waals surface area (Å²) in [6, 6.07) is 15.1. The minimum Gasteiger partial charge on any atom is -0.301 e. The molecule has 178 valence electrons. The monoisotopic (exact) mass is 554 g/mol. The number of benzene rings is 2. The van der Waals surface area contributed by atoms with Gasteiger partial charge in [0.05, 0.1) is 13.1 Å².